The van der Waals surface area contributed by atoms with E-state index in [0.717, 1.165) is 11.1 Å². The van der Waals surface area contributed by atoms with Crippen LogP contribution < -0.4 is 4.74 Å². The van der Waals surface area contributed by atoms with Crippen LogP contribution in [-0.4, -0.2) is 34.9 Å². The van der Waals surface area contributed by atoms with Crippen molar-refractivity contribution in [1.29, 1.82) is 0 Å². The minimum atomic E-state index is -0.142. The summed E-state index contributed by atoms with van der Waals surface area (Å²) in [6, 6.07) is 12.8. The third kappa shape index (κ3) is 3.85. The van der Waals surface area contributed by atoms with E-state index in [4.69, 9.17) is 40.2 Å². The van der Waals surface area contributed by atoms with Crippen LogP contribution in [-0.2, 0) is 11.4 Å². The molecule has 0 saturated carbocycles. The van der Waals surface area contributed by atoms with Crippen molar-refractivity contribution in [2.75, 3.05) is 14.1 Å². The van der Waals surface area contributed by atoms with Gasteiger partial charge < -0.3 is 9.64 Å². The third-order valence-electron chi connectivity index (χ3n) is 4.03. The van der Waals surface area contributed by atoms with Gasteiger partial charge in [0.2, 0.25) is 0 Å². The van der Waals surface area contributed by atoms with Crippen LogP contribution in [0.5, 0.6) is 5.75 Å². The molecule has 0 aliphatic carbocycles. The first-order chi connectivity index (χ1) is 12.4. The van der Waals surface area contributed by atoms with Crippen molar-refractivity contribution >= 4 is 52.5 Å². The van der Waals surface area contributed by atoms with Gasteiger partial charge in [0.25, 0.3) is 5.91 Å². The lowest BCUT2D eigenvalue weighted by Gasteiger charge is -2.11. The smallest absolute Gasteiger partial charge is 0.276 e. The molecule has 0 atom stereocenters. The number of nitrogens with zero attached hydrogens (tertiary/aromatic N) is 2. The fourth-order valence-electron chi connectivity index (χ4n) is 2.51. The van der Waals surface area contributed by atoms with Gasteiger partial charge in [0.1, 0.15) is 18.1 Å². The zero-order valence-electron chi connectivity index (χ0n) is 14.2. The van der Waals surface area contributed by atoms with Gasteiger partial charge in [-0.2, -0.15) is 0 Å². The summed E-state index contributed by atoms with van der Waals surface area (Å²) in [5.74, 6) is 0.430. The van der Waals surface area contributed by atoms with E-state index >= 15 is 0 Å². The minimum absolute atomic E-state index is 0.142. The minimum Gasteiger partial charge on any atom is -0.487 e. The summed E-state index contributed by atoms with van der Waals surface area (Å²) >= 11 is 17.4. The number of hydrogen-bond donors (Lipinski definition) is 0. The summed E-state index contributed by atoms with van der Waals surface area (Å²) in [7, 11) is 3.42. The summed E-state index contributed by atoms with van der Waals surface area (Å²) in [4.78, 5) is 15.3. The standard InChI is InChI=1S/C19H16Cl2N2O2S/c1-22-16(18(24)23(2)19(22)26)10-13-5-8-17(15(21)9-13)25-11-12-3-6-14(20)7-4-12/h3-10H,11H2,1-2H3/b16-10-. The average molecular weight is 407 g/mol. The lowest BCUT2D eigenvalue weighted by Crippen LogP contribution is -2.26. The topological polar surface area (TPSA) is 32.8 Å². The highest BCUT2D eigenvalue weighted by Gasteiger charge is 2.32. The number of benzene rings is 2. The molecule has 4 nitrogen and oxygen atoms in total. The average Bonchev–Trinajstić information content (AvgIpc) is 2.80. The molecule has 0 aromatic heterocycles. The van der Waals surface area contributed by atoms with Gasteiger partial charge in [0, 0.05) is 19.1 Å². The van der Waals surface area contributed by atoms with Crippen LogP contribution in [0.15, 0.2) is 48.2 Å². The molecule has 0 bridgehead atoms. The fraction of sp³-hybridized carbons (Fsp3) is 0.158. The molecule has 1 aliphatic rings. The van der Waals surface area contributed by atoms with Gasteiger partial charge in [-0.25, -0.2) is 0 Å². The number of rotatable bonds is 4. The summed E-state index contributed by atoms with van der Waals surface area (Å²) in [6.45, 7) is 0.387. The Hall–Kier alpha value is -2.08. The third-order valence-corrected chi connectivity index (χ3v) is 5.12. The van der Waals surface area contributed by atoms with E-state index in [0.29, 0.717) is 33.2 Å². The zero-order valence-corrected chi connectivity index (χ0v) is 16.5. The molecule has 1 fully saturated rings. The molecule has 1 amide bonds. The molecule has 26 heavy (non-hydrogen) atoms. The largest absolute Gasteiger partial charge is 0.487 e. The van der Waals surface area contributed by atoms with Crippen LogP contribution in [0.1, 0.15) is 11.1 Å². The van der Waals surface area contributed by atoms with Crippen molar-refractivity contribution in [3.63, 3.8) is 0 Å². The molecule has 0 unspecified atom stereocenters. The normalized spacial score (nSPS) is 15.9. The maximum absolute atomic E-state index is 12.2. The predicted molar refractivity (Wildman–Crippen MR) is 108 cm³/mol. The molecule has 7 heteroatoms. The van der Waals surface area contributed by atoms with Crippen LogP contribution in [0, 0.1) is 0 Å². The SMILES string of the molecule is CN1C(=O)/C(=C/c2ccc(OCc3ccc(Cl)cc3)c(Cl)c2)N(C)C1=S. The quantitative estimate of drug-likeness (QED) is 0.548. The van der Waals surface area contributed by atoms with Crippen molar-refractivity contribution in [2.24, 2.45) is 0 Å². The second kappa shape index (κ2) is 7.66. The fourth-order valence-corrected chi connectivity index (χ4v) is 3.06. The Bertz CT molecular complexity index is 897. The Morgan fingerprint density at radius 1 is 1.08 bits per heavy atom. The molecule has 2 aromatic rings. The molecule has 1 heterocycles. The number of amides is 1. The molecule has 0 radical (unpaired) electrons. The highest BCUT2D eigenvalue weighted by Crippen LogP contribution is 2.28. The molecule has 0 spiro atoms. The second-order valence-corrected chi connectivity index (χ2v) is 7.05. The van der Waals surface area contributed by atoms with E-state index in [1.54, 1.807) is 37.2 Å². The Balaban J connectivity index is 1.75. The first-order valence-corrected chi connectivity index (χ1v) is 8.97. The van der Waals surface area contributed by atoms with Gasteiger partial charge in [-0.05, 0) is 53.7 Å². The molecule has 2 aromatic carbocycles. The molecular weight excluding hydrogens is 391 g/mol. The Morgan fingerprint density at radius 3 is 2.35 bits per heavy atom. The molecular formula is C19H16Cl2N2O2S. The Morgan fingerprint density at radius 2 is 1.77 bits per heavy atom. The van der Waals surface area contributed by atoms with Gasteiger partial charge in [0.05, 0.1) is 5.02 Å². The van der Waals surface area contributed by atoms with Gasteiger partial charge >= 0.3 is 0 Å². The van der Waals surface area contributed by atoms with Crippen LogP contribution >= 0.6 is 35.4 Å². The number of ether oxygens (including phenoxy) is 1. The monoisotopic (exact) mass is 406 g/mol. The number of carbonyl (C=O) groups is 1. The maximum Gasteiger partial charge on any atom is 0.276 e. The Kier molecular flexibility index (Phi) is 5.51. The molecule has 0 N–H and O–H groups in total. The lowest BCUT2D eigenvalue weighted by atomic mass is 10.1. The van der Waals surface area contributed by atoms with E-state index in [-0.39, 0.29) is 5.91 Å². The summed E-state index contributed by atoms with van der Waals surface area (Å²) in [5, 5.41) is 1.62. The van der Waals surface area contributed by atoms with Crippen molar-refractivity contribution in [3.05, 3.63) is 69.3 Å². The van der Waals surface area contributed by atoms with E-state index in [1.807, 2.05) is 30.3 Å². The van der Waals surface area contributed by atoms with E-state index in [1.165, 1.54) is 4.90 Å². The van der Waals surface area contributed by atoms with Gasteiger partial charge in [-0.3, -0.25) is 9.69 Å². The summed E-state index contributed by atoms with van der Waals surface area (Å²) in [5.41, 5.74) is 2.29. The van der Waals surface area contributed by atoms with E-state index in [9.17, 15) is 4.79 Å². The summed E-state index contributed by atoms with van der Waals surface area (Å²) in [6.07, 6.45) is 1.76. The zero-order chi connectivity index (χ0) is 18.8. The molecule has 1 aliphatic heterocycles. The first-order valence-electron chi connectivity index (χ1n) is 7.81. The highest BCUT2D eigenvalue weighted by atomic mass is 35.5. The van der Waals surface area contributed by atoms with Crippen molar-refractivity contribution < 1.29 is 9.53 Å². The van der Waals surface area contributed by atoms with Gasteiger partial charge in [0.15, 0.2) is 5.11 Å². The predicted octanol–water partition coefficient (Wildman–Crippen LogP) is 4.60. The van der Waals surface area contributed by atoms with Crippen LogP contribution in [0.4, 0.5) is 0 Å². The van der Waals surface area contributed by atoms with Crippen LogP contribution in [0.25, 0.3) is 6.08 Å². The van der Waals surface area contributed by atoms with Crippen LogP contribution in [0.3, 0.4) is 0 Å². The summed E-state index contributed by atoms with van der Waals surface area (Å²) < 4.78 is 5.76. The molecule has 3 rings (SSSR count). The number of hydrogen-bond acceptors (Lipinski definition) is 3. The first kappa shape index (κ1) is 18.7. The van der Waals surface area contributed by atoms with Gasteiger partial charge in [-0.1, -0.05) is 41.4 Å². The highest BCUT2D eigenvalue weighted by molar-refractivity contribution is 7.80. The Labute approximate surface area is 167 Å². The molecule has 134 valence electrons. The van der Waals surface area contributed by atoms with Crippen molar-refractivity contribution in [2.45, 2.75) is 6.61 Å². The van der Waals surface area contributed by atoms with Crippen LogP contribution in [0.2, 0.25) is 10.0 Å². The number of halogens is 2. The van der Waals surface area contributed by atoms with Crippen molar-refractivity contribution in [3.8, 4) is 5.75 Å². The molecule has 1 saturated heterocycles. The van der Waals surface area contributed by atoms with Gasteiger partial charge in [-0.15, -0.1) is 0 Å². The van der Waals surface area contributed by atoms with Crippen molar-refractivity contribution in [1.82, 2.24) is 9.80 Å². The van der Waals surface area contributed by atoms with E-state index in [2.05, 4.69) is 0 Å². The maximum atomic E-state index is 12.2. The second-order valence-electron chi connectivity index (χ2n) is 5.84. The number of likely N-dealkylation sites (N-methyl/N-ethyl adjacent to an activating group) is 2. The lowest BCUT2D eigenvalue weighted by molar-refractivity contribution is -0.121. The number of carbonyl (C=O) groups excluding carboxylic acids is 1. The number of thiocarbonyl (C=S) groups is 1. The van der Waals surface area contributed by atoms with E-state index < -0.39 is 0 Å².